The lowest BCUT2D eigenvalue weighted by Gasteiger charge is -2.16. The van der Waals surface area contributed by atoms with Gasteiger partial charge in [0.1, 0.15) is 6.10 Å². The highest BCUT2D eigenvalue weighted by molar-refractivity contribution is 5.69. The minimum Gasteiger partial charge on any atom is -0.457 e. The summed E-state index contributed by atoms with van der Waals surface area (Å²) in [5, 5.41) is 9.59. The first-order chi connectivity index (χ1) is 24.2. The van der Waals surface area contributed by atoms with Crippen molar-refractivity contribution in [2.75, 3.05) is 19.8 Å². The van der Waals surface area contributed by atoms with Crippen LogP contribution in [0.3, 0.4) is 0 Å². The standard InChI is InChI=1S/C45H84O4/c1-3-5-7-9-11-13-15-17-19-20-21-22-23-24-25-26-27-28-30-32-34-36-38-40-45(47)49-44(42-46)43-48-41-39-37-35-33-31-29-18-16-14-12-10-8-6-4-2/h15,17,20-21,23-24,44,46H,3-14,16,18-19,22,25-43H2,1-2H3/b17-15-,21-20-,24-23-. The molecule has 0 bridgehead atoms. The van der Waals surface area contributed by atoms with Crippen LogP contribution in [-0.4, -0.2) is 37.0 Å². The summed E-state index contributed by atoms with van der Waals surface area (Å²) in [6.45, 7) is 5.35. The Labute approximate surface area is 306 Å². The van der Waals surface area contributed by atoms with Gasteiger partial charge in [0, 0.05) is 13.0 Å². The molecule has 0 saturated heterocycles. The zero-order valence-electron chi connectivity index (χ0n) is 33.0. The van der Waals surface area contributed by atoms with Gasteiger partial charge in [-0.15, -0.1) is 0 Å². The number of allylic oxidation sites excluding steroid dienone is 6. The van der Waals surface area contributed by atoms with Crippen molar-refractivity contribution in [1.82, 2.24) is 0 Å². The molecule has 0 spiro atoms. The number of rotatable bonds is 40. The molecule has 49 heavy (non-hydrogen) atoms. The van der Waals surface area contributed by atoms with Crippen LogP contribution in [0, 0.1) is 0 Å². The smallest absolute Gasteiger partial charge is 0.306 e. The molecule has 0 aromatic rings. The van der Waals surface area contributed by atoms with E-state index in [1.165, 1.54) is 167 Å². The van der Waals surface area contributed by atoms with Gasteiger partial charge in [-0.2, -0.15) is 0 Å². The van der Waals surface area contributed by atoms with Gasteiger partial charge in [-0.05, 0) is 51.4 Å². The van der Waals surface area contributed by atoms with Crippen LogP contribution in [0.2, 0.25) is 0 Å². The van der Waals surface area contributed by atoms with Gasteiger partial charge in [0.25, 0.3) is 0 Å². The second-order valence-electron chi connectivity index (χ2n) is 14.4. The van der Waals surface area contributed by atoms with Crippen molar-refractivity contribution in [1.29, 1.82) is 0 Å². The molecule has 0 amide bonds. The molecule has 0 aliphatic carbocycles. The third-order valence-corrected chi connectivity index (χ3v) is 9.47. The van der Waals surface area contributed by atoms with Gasteiger partial charge < -0.3 is 14.6 Å². The summed E-state index contributed by atoms with van der Waals surface area (Å²) >= 11 is 0. The first-order valence-corrected chi connectivity index (χ1v) is 21.6. The summed E-state index contributed by atoms with van der Waals surface area (Å²) < 4.78 is 11.2. The van der Waals surface area contributed by atoms with E-state index in [1.54, 1.807) is 0 Å². The zero-order chi connectivity index (χ0) is 35.6. The predicted molar refractivity (Wildman–Crippen MR) is 214 cm³/mol. The number of carbonyl (C=O) groups excluding carboxylic acids is 1. The van der Waals surface area contributed by atoms with Crippen LogP contribution in [-0.2, 0) is 14.3 Å². The highest BCUT2D eigenvalue weighted by atomic mass is 16.6. The van der Waals surface area contributed by atoms with E-state index in [4.69, 9.17) is 9.47 Å². The Balaban J connectivity index is 3.44. The van der Waals surface area contributed by atoms with Gasteiger partial charge in [0.2, 0.25) is 0 Å². The fraction of sp³-hybridized carbons (Fsp3) is 0.844. The molecule has 1 N–H and O–H groups in total. The number of aliphatic hydroxyl groups excluding tert-OH is 1. The fourth-order valence-corrected chi connectivity index (χ4v) is 6.22. The Bertz CT molecular complexity index is 728. The van der Waals surface area contributed by atoms with Gasteiger partial charge in [-0.25, -0.2) is 0 Å². The lowest BCUT2D eigenvalue weighted by Crippen LogP contribution is -2.27. The second kappa shape index (κ2) is 42.8. The highest BCUT2D eigenvalue weighted by Crippen LogP contribution is 2.14. The summed E-state index contributed by atoms with van der Waals surface area (Å²) in [7, 11) is 0. The molecule has 0 rings (SSSR count). The van der Waals surface area contributed by atoms with E-state index in [-0.39, 0.29) is 12.6 Å². The van der Waals surface area contributed by atoms with Crippen molar-refractivity contribution >= 4 is 5.97 Å². The number of hydrogen-bond acceptors (Lipinski definition) is 4. The van der Waals surface area contributed by atoms with Crippen LogP contribution in [0.4, 0.5) is 0 Å². The van der Waals surface area contributed by atoms with Gasteiger partial charge in [0.15, 0.2) is 0 Å². The zero-order valence-corrected chi connectivity index (χ0v) is 33.0. The average Bonchev–Trinajstić information content (AvgIpc) is 3.11. The molecule has 4 nitrogen and oxygen atoms in total. The third kappa shape index (κ3) is 40.9. The Hall–Kier alpha value is -1.39. The van der Waals surface area contributed by atoms with Gasteiger partial charge in [-0.3, -0.25) is 4.79 Å². The number of hydrogen-bond donors (Lipinski definition) is 1. The summed E-state index contributed by atoms with van der Waals surface area (Å²) in [6.07, 6.45) is 53.4. The SMILES string of the molecule is CCCCCCC/C=C\C/C=C\C/C=C\CCCCCCCCCCC(=O)OC(CO)COCCCCCCCCCCCCCCCC. The maximum atomic E-state index is 12.2. The minimum atomic E-state index is -0.535. The van der Waals surface area contributed by atoms with Crippen LogP contribution >= 0.6 is 0 Å². The Morgan fingerprint density at radius 3 is 1.29 bits per heavy atom. The lowest BCUT2D eigenvalue weighted by atomic mass is 10.0. The van der Waals surface area contributed by atoms with Crippen molar-refractivity contribution in [3.05, 3.63) is 36.5 Å². The van der Waals surface area contributed by atoms with Crippen molar-refractivity contribution < 1.29 is 19.4 Å². The number of esters is 1. The predicted octanol–water partition coefficient (Wildman–Crippen LogP) is 14.1. The molecular formula is C45H84O4. The Morgan fingerprint density at radius 2 is 0.857 bits per heavy atom. The second-order valence-corrected chi connectivity index (χ2v) is 14.4. The fourth-order valence-electron chi connectivity index (χ4n) is 6.22. The molecule has 0 fully saturated rings. The maximum Gasteiger partial charge on any atom is 0.306 e. The van der Waals surface area contributed by atoms with E-state index in [0.717, 1.165) is 32.1 Å². The first kappa shape index (κ1) is 47.6. The number of aliphatic hydroxyl groups is 1. The molecule has 0 heterocycles. The van der Waals surface area contributed by atoms with Crippen LogP contribution in [0.15, 0.2) is 36.5 Å². The highest BCUT2D eigenvalue weighted by Gasteiger charge is 2.13. The molecule has 0 aliphatic rings. The van der Waals surface area contributed by atoms with E-state index in [0.29, 0.717) is 19.6 Å². The van der Waals surface area contributed by atoms with Crippen LogP contribution < -0.4 is 0 Å². The molecule has 0 saturated carbocycles. The lowest BCUT2D eigenvalue weighted by molar-refractivity contribution is -0.154. The number of ether oxygens (including phenoxy) is 2. The van der Waals surface area contributed by atoms with Crippen LogP contribution in [0.25, 0.3) is 0 Å². The minimum absolute atomic E-state index is 0.172. The molecule has 1 unspecified atom stereocenters. The van der Waals surface area contributed by atoms with Crippen molar-refractivity contribution in [3.8, 4) is 0 Å². The Kier molecular flexibility index (Phi) is 41.6. The van der Waals surface area contributed by atoms with E-state index in [9.17, 15) is 9.90 Å². The molecule has 0 aliphatic heterocycles. The van der Waals surface area contributed by atoms with Crippen LogP contribution in [0.5, 0.6) is 0 Å². The summed E-state index contributed by atoms with van der Waals surface area (Å²) in [6, 6.07) is 0. The van der Waals surface area contributed by atoms with Crippen molar-refractivity contribution in [3.63, 3.8) is 0 Å². The molecule has 1 atom stereocenters. The summed E-state index contributed by atoms with van der Waals surface area (Å²) in [5.74, 6) is -0.206. The van der Waals surface area contributed by atoms with E-state index < -0.39 is 6.10 Å². The largest absolute Gasteiger partial charge is 0.457 e. The molecular weight excluding hydrogens is 604 g/mol. The van der Waals surface area contributed by atoms with E-state index in [1.807, 2.05) is 0 Å². The van der Waals surface area contributed by atoms with Crippen molar-refractivity contribution in [2.24, 2.45) is 0 Å². The van der Waals surface area contributed by atoms with Gasteiger partial charge in [0.05, 0.1) is 13.2 Å². The molecule has 4 heteroatoms. The van der Waals surface area contributed by atoms with Crippen LogP contribution in [0.1, 0.15) is 219 Å². The van der Waals surface area contributed by atoms with E-state index in [2.05, 4.69) is 50.3 Å². The quantitative estimate of drug-likeness (QED) is 0.0395. The summed E-state index contributed by atoms with van der Waals surface area (Å²) in [5.41, 5.74) is 0. The number of carbonyl (C=O) groups is 1. The molecule has 0 aromatic heterocycles. The summed E-state index contributed by atoms with van der Waals surface area (Å²) in [4.78, 5) is 12.2. The first-order valence-electron chi connectivity index (χ1n) is 21.6. The third-order valence-electron chi connectivity index (χ3n) is 9.47. The molecule has 0 radical (unpaired) electrons. The van der Waals surface area contributed by atoms with Crippen molar-refractivity contribution in [2.45, 2.75) is 225 Å². The van der Waals surface area contributed by atoms with Gasteiger partial charge >= 0.3 is 5.97 Å². The Morgan fingerprint density at radius 1 is 0.490 bits per heavy atom. The molecule has 288 valence electrons. The van der Waals surface area contributed by atoms with Gasteiger partial charge in [-0.1, -0.05) is 198 Å². The molecule has 0 aromatic carbocycles. The monoisotopic (exact) mass is 689 g/mol. The average molecular weight is 689 g/mol. The number of unbranched alkanes of at least 4 members (excludes halogenated alkanes) is 26. The van der Waals surface area contributed by atoms with E-state index >= 15 is 0 Å². The topological polar surface area (TPSA) is 55.8 Å². The normalized spacial score (nSPS) is 12.6. The maximum absolute atomic E-state index is 12.2.